The Kier molecular flexibility index (Phi) is 11.9. The first-order valence-electron chi connectivity index (χ1n) is 9.06. The first-order valence-corrected chi connectivity index (χ1v) is 9.81. The van der Waals surface area contributed by atoms with E-state index >= 15 is 0 Å². The summed E-state index contributed by atoms with van der Waals surface area (Å²) in [5.41, 5.74) is 1.86. The molecular formula is C23H22Cl2O6. The van der Waals surface area contributed by atoms with Gasteiger partial charge in [0.2, 0.25) is 0 Å². The third kappa shape index (κ3) is 9.63. The molecule has 6 nitrogen and oxygen atoms in total. The van der Waals surface area contributed by atoms with E-state index in [2.05, 4.69) is 47.9 Å². The lowest BCUT2D eigenvalue weighted by atomic mass is 10.0. The third-order valence-electron chi connectivity index (χ3n) is 3.82. The Morgan fingerprint density at radius 1 is 0.677 bits per heavy atom. The van der Waals surface area contributed by atoms with E-state index in [9.17, 15) is 9.59 Å². The first-order chi connectivity index (χ1) is 14.9. The fourth-order valence-electron chi connectivity index (χ4n) is 2.18. The lowest BCUT2D eigenvalue weighted by Crippen LogP contribution is -2.11. The summed E-state index contributed by atoms with van der Waals surface area (Å²) >= 11 is 11.4. The number of hydrogen-bond acceptors (Lipinski definition) is 6. The number of rotatable bonds is 3. The average Bonchev–Trinajstić information content (AvgIpc) is 2.80. The van der Waals surface area contributed by atoms with Crippen LogP contribution >= 0.6 is 23.2 Å². The number of benzene rings is 3. The molecule has 0 radical (unpaired) electrons. The second kappa shape index (κ2) is 14.2. The molecule has 31 heavy (non-hydrogen) atoms. The van der Waals surface area contributed by atoms with E-state index in [0.29, 0.717) is 16.0 Å². The predicted molar refractivity (Wildman–Crippen MR) is 120 cm³/mol. The van der Waals surface area contributed by atoms with Gasteiger partial charge in [-0.15, -0.1) is 0 Å². The highest BCUT2D eigenvalue weighted by Gasteiger charge is 2.13. The molecule has 0 fully saturated rings. The van der Waals surface area contributed by atoms with Crippen LogP contribution in [0.3, 0.4) is 0 Å². The zero-order valence-corrected chi connectivity index (χ0v) is 18.4. The highest BCUT2D eigenvalue weighted by atomic mass is 35.5. The lowest BCUT2D eigenvalue weighted by Gasteiger charge is -2.03. The van der Waals surface area contributed by atoms with Crippen molar-refractivity contribution in [1.82, 2.24) is 0 Å². The van der Waals surface area contributed by atoms with Crippen LogP contribution in [0.15, 0.2) is 78.9 Å². The molecule has 0 aromatic heterocycles. The molecule has 0 unspecified atom stereocenters. The predicted octanol–water partition coefficient (Wildman–Crippen LogP) is 6.75. The molecule has 3 rings (SSSR count). The largest absolute Gasteiger partial charge is 0.386 e. The first kappa shape index (κ1) is 26.1. The Labute approximate surface area is 190 Å². The number of carbonyl (C=O) groups is 2. The summed E-state index contributed by atoms with van der Waals surface area (Å²) in [7, 11) is 0. The van der Waals surface area contributed by atoms with Crippen molar-refractivity contribution in [3.05, 3.63) is 106 Å². The Bertz CT molecular complexity index is 869. The minimum atomic E-state index is -0.788. The summed E-state index contributed by atoms with van der Waals surface area (Å²) < 4.78 is 0. The van der Waals surface area contributed by atoms with Gasteiger partial charge in [0.1, 0.15) is 0 Å². The molecule has 8 heteroatoms. The molecule has 0 aliphatic rings. The fraction of sp³-hybridized carbons (Fsp3) is 0.130. The Hall–Kier alpha value is -2.90. The van der Waals surface area contributed by atoms with Gasteiger partial charge in [-0.25, -0.2) is 19.4 Å². The van der Waals surface area contributed by atoms with Crippen molar-refractivity contribution in [1.29, 1.82) is 0 Å². The molecule has 0 saturated heterocycles. The molecule has 0 aliphatic heterocycles. The van der Waals surface area contributed by atoms with E-state index in [1.165, 1.54) is 54.1 Å². The third-order valence-corrected chi connectivity index (χ3v) is 4.32. The SMILES string of the molecule is CC(C)c1ccccc1.O=C(OOC(=O)c1ccc(Cl)cc1)c1ccc(Cl)cc1.OO. The highest BCUT2D eigenvalue weighted by Crippen LogP contribution is 2.13. The minimum absolute atomic E-state index is 0.221. The molecule has 0 atom stereocenters. The Morgan fingerprint density at radius 2 is 1.03 bits per heavy atom. The summed E-state index contributed by atoms with van der Waals surface area (Å²) in [5.74, 6) is -0.917. The average molecular weight is 465 g/mol. The van der Waals surface area contributed by atoms with Gasteiger partial charge in [-0.1, -0.05) is 67.4 Å². The monoisotopic (exact) mass is 464 g/mol. The van der Waals surface area contributed by atoms with Crippen LogP contribution in [0.25, 0.3) is 0 Å². The zero-order valence-electron chi connectivity index (χ0n) is 16.9. The smallest absolute Gasteiger partial charge is 0.255 e. The fourth-order valence-corrected chi connectivity index (χ4v) is 2.43. The number of halogens is 2. The topological polar surface area (TPSA) is 93.1 Å². The molecule has 0 spiro atoms. The van der Waals surface area contributed by atoms with Gasteiger partial charge in [0.15, 0.2) is 0 Å². The standard InChI is InChI=1S/C14H8Cl2O4.C9H12.H2O2/c15-11-5-1-9(2-6-11)13(17)19-20-14(18)10-3-7-12(16)8-4-10;1-8(2)9-6-4-3-5-7-9;1-2/h1-8H;3-8H,1-2H3;1-2H. The summed E-state index contributed by atoms with van der Waals surface area (Å²) in [4.78, 5) is 32.1. The van der Waals surface area contributed by atoms with Crippen molar-refractivity contribution >= 4 is 35.1 Å². The second-order valence-electron chi connectivity index (χ2n) is 6.32. The second-order valence-corrected chi connectivity index (χ2v) is 7.19. The molecule has 3 aromatic carbocycles. The normalized spacial score (nSPS) is 9.52. The summed E-state index contributed by atoms with van der Waals surface area (Å²) in [5, 5.41) is 13.0. The molecule has 0 heterocycles. The van der Waals surface area contributed by atoms with Crippen LogP contribution in [0.5, 0.6) is 0 Å². The van der Waals surface area contributed by atoms with Crippen LogP contribution in [-0.4, -0.2) is 22.5 Å². The van der Waals surface area contributed by atoms with Crippen LogP contribution in [0.4, 0.5) is 0 Å². The van der Waals surface area contributed by atoms with Gasteiger partial charge < -0.3 is 0 Å². The summed E-state index contributed by atoms with van der Waals surface area (Å²) in [6, 6.07) is 22.5. The van der Waals surface area contributed by atoms with E-state index in [1.807, 2.05) is 6.07 Å². The zero-order chi connectivity index (χ0) is 23.2. The molecule has 0 aliphatic carbocycles. The van der Waals surface area contributed by atoms with Crippen molar-refractivity contribution in [3.8, 4) is 0 Å². The minimum Gasteiger partial charge on any atom is -0.255 e. The Balaban J connectivity index is 0.000000365. The van der Waals surface area contributed by atoms with E-state index in [0.717, 1.165) is 0 Å². The van der Waals surface area contributed by atoms with Crippen LogP contribution in [0.2, 0.25) is 10.0 Å². The molecular weight excluding hydrogens is 443 g/mol. The van der Waals surface area contributed by atoms with Gasteiger partial charge in [-0.2, -0.15) is 0 Å². The molecule has 0 amide bonds. The summed E-state index contributed by atoms with van der Waals surface area (Å²) in [6.07, 6.45) is 0. The molecule has 2 N–H and O–H groups in total. The van der Waals surface area contributed by atoms with Gasteiger partial charge in [0.25, 0.3) is 0 Å². The maximum absolute atomic E-state index is 11.6. The van der Waals surface area contributed by atoms with Crippen molar-refractivity contribution < 1.29 is 29.9 Å². The van der Waals surface area contributed by atoms with Crippen LogP contribution in [0, 0.1) is 0 Å². The van der Waals surface area contributed by atoms with E-state index < -0.39 is 11.9 Å². The Morgan fingerprint density at radius 3 is 1.32 bits per heavy atom. The number of hydrogen-bond donors (Lipinski definition) is 2. The van der Waals surface area contributed by atoms with Crippen molar-refractivity contribution in [3.63, 3.8) is 0 Å². The lowest BCUT2D eigenvalue weighted by molar-refractivity contribution is -0.187. The van der Waals surface area contributed by atoms with Crippen molar-refractivity contribution in [2.75, 3.05) is 0 Å². The molecule has 0 bridgehead atoms. The quantitative estimate of drug-likeness (QED) is 0.328. The van der Waals surface area contributed by atoms with E-state index in [1.54, 1.807) is 0 Å². The van der Waals surface area contributed by atoms with Gasteiger partial charge in [0.05, 0.1) is 11.1 Å². The van der Waals surface area contributed by atoms with E-state index in [-0.39, 0.29) is 11.1 Å². The maximum atomic E-state index is 11.6. The molecule has 0 saturated carbocycles. The summed E-state index contributed by atoms with van der Waals surface area (Å²) in [6.45, 7) is 4.41. The van der Waals surface area contributed by atoms with Crippen LogP contribution in [0.1, 0.15) is 46.0 Å². The molecule has 3 aromatic rings. The van der Waals surface area contributed by atoms with Gasteiger partial charge in [-0.3, -0.25) is 10.5 Å². The maximum Gasteiger partial charge on any atom is 0.386 e. The number of carbonyl (C=O) groups excluding carboxylic acids is 2. The molecule has 164 valence electrons. The van der Waals surface area contributed by atoms with Gasteiger partial charge in [0, 0.05) is 10.0 Å². The highest BCUT2D eigenvalue weighted by molar-refractivity contribution is 6.31. The van der Waals surface area contributed by atoms with Gasteiger partial charge in [-0.05, 0) is 60.0 Å². The van der Waals surface area contributed by atoms with Crippen molar-refractivity contribution in [2.45, 2.75) is 19.8 Å². The van der Waals surface area contributed by atoms with E-state index in [4.69, 9.17) is 33.7 Å². The van der Waals surface area contributed by atoms with Crippen molar-refractivity contribution in [2.24, 2.45) is 0 Å². The van der Waals surface area contributed by atoms with Gasteiger partial charge >= 0.3 is 11.9 Å². The van der Waals surface area contributed by atoms with Crippen LogP contribution in [-0.2, 0) is 9.78 Å². The van der Waals surface area contributed by atoms with Crippen LogP contribution < -0.4 is 0 Å².